The number of nitrogens with zero attached hydrogens (tertiary/aromatic N) is 3. The molecule has 0 spiro atoms. The van der Waals surface area contributed by atoms with Gasteiger partial charge in [-0.1, -0.05) is 0 Å². The molecule has 1 atom stereocenters. The van der Waals surface area contributed by atoms with E-state index in [-0.39, 0.29) is 17.5 Å². The van der Waals surface area contributed by atoms with Crippen molar-refractivity contribution in [3.63, 3.8) is 0 Å². The lowest BCUT2D eigenvalue weighted by Crippen LogP contribution is -2.40. The van der Waals surface area contributed by atoms with E-state index in [9.17, 15) is 22.4 Å². The first kappa shape index (κ1) is 17.9. The highest BCUT2D eigenvalue weighted by Gasteiger charge is 2.35. The fraction of sp³-hybridized carbons (Fsp3) is 0.500. The van der Waals surface area contributed by atoms with Crippen molar-refractivity contribution in [2.24, 2.45) is 13.0 Å². The van der Waals surface area contributed by atoms with Crippen LogP contribution in [0.15, 0.2) is 18.2 Å². The molecule has 136 valence electrons. The van der Waals surface area contributed by atoms with Gasteiger partial charge in [-0.3, -0.25) is 13.9 Å². The van der Waals surface area contributed by atoms with E-state index in [1.807, 2.05) is 0 Å². The molecule has 3 rings (SSSR count). The van der Waals surface area contributed by atoms with Crippen LogP contribution in [0.5, 0.6) is 0 Å². The molecule has 1 amide bonds. The molecule has 2 aromatic heterocycles. The fourth-order valence-electron chi connectivity index (χ4n) is 2.97. The average molecular weight is 375 g/mol. The number of aryl methyl sites for hydroxylation is 1. The Hall–Kier alpha value is -1.90. The first-order valence-corrected chi connectivity index (χ1v) is 8.68. The second-order valence-electron chi connectivity index (χ2n) is 6.11. The maximum Gasteiger partial charge on any atom is 0.433 e. The SMILES string of the molecule is Cn1nc(-c2ccc(C(=O)N3CCCC(CF)C3)s2)cc1C(F)(F)F. The van der Waals surface area contributed by atoms with Gasteiger partial charge in [0.15, 0.2) is 0 Å². The highest BCUT2D eigenvalue weighted by atomic mass is 32.1. The molecule has 0 aromatic carbocycles. The summed E-state index contributed by atoms with van der Waals surface area (Å²) < 4.78 is 52.3. The largest absolute Gasteiger partial charge is 0.433 e. The molecule has 1 saturated heterocycles. The van der Waals surface area contributed by atoms with Crippen LogP contribution < -0.4 is 0 Å². The molecule has 0 radical (unpaired) electrons. The predicted octanol–water partition coefficient (Wildman–Crippen LogP) is 3.99. The monoisotopic (exact) mass is 375 g/mol. The maximum atomic E-state index is 12.9. The lowest BCUT2D eigenvalue weighted by molar-refractivity contribution is -0.143. The second-order valence-corrected chi connectivity index (χ2v) is 7.20. The minimum absolute atomic E-state index is 0.137. The van der Waals surface area contributed by atoms with Gasteiger partial charge in [0.2, 0.25) is 0 Å². The van der Waals surface area contributed by atoms with Crippen LogP contribution in [0.4, 0.5) is 17.6 Å². The van der Waals surface area contributed by atoms with Crippen molar-refractivity contribution in [3.05, 3.63) is 28.8 Å². The number of piperidine rings is 1. The summed E-state index contributed by atoms with van der Waals surface area (Å²) in [7, 11) is 1.23. The van der Waals surface area contributed by atoms with Crippen molar-refractivity contribution >= 4 is 17.2 Å². The molecule has 0 aliphatic carbocycles. The first-order chi connectivity index (χ1) is 11.8. The number of carbonyl (C=O) groups is 1. The van der Waals surface area contributed by atoms with E-state index in [2.05, 4.69) is 5.10 Å². The predicted molar refractivity (Wildman–Crippen MR) is 86.1 cm³/mol. The number of hydrogen-bond donors (Lipinski definition) is 0. The van der Waals surface area contributed by atoms with Crippen LogP contribution in [-0.2, 0) is 13.2 Å². The summed E-state index contributed by atoms with van der Waals surface area (Å²) in [5, 5.41) is 3.89. The zero-order chi connectivity index (χ0) is 18.2. The van der Waals surface area contributed by atoms with Crippen molar-refractivity contribution in [2.45, 2.75) is 19.0 Å². The van der Waals surface area contributed by atoms with E-state index in [1.165, 1.54) is 7.05 Å². The molecule has 1 fully saturated rings. The minimum atomic E-state index is -4.48. The van der Waals surface area contributed by atoms with Gasteiger partial charge >= 0.3 is 6.18 Å². The van der Waals surface area contributed by atoms with E-state index in [0.717, 1.165) is 34.9 Å². The van der Waals surface area contributed by atoms with Crippen molar-refractivity contribution in [2.75, 3.05) is 19.8 Å². The highest BCUT2D eigenvalue weighted by Crippen LogP contribution is 2.34. The Balaban J connectivity index is 1.80. The molecular formula is C16H17F4N3OS. The lowest BCUT2D eigenvalue weighted by atomic mass is 9.99. The Bertz CT molecular complexity index is 768. The Kier molecular flexibility index (Phi) is 4.86. The van der Waals surface area contributed by atoms with Crippen LogP contribution >= 0.6 is 11.3 Å². The van der Waals surface area contributed by atoms with Crippen LogP contribution in [0.25, 0.3) is 10.6 Å². The summed E-state index contributed by atoms with van der Waals surface area (Å²) in [6, 6.07) is 4.15. The van der Waals surface area contributed by atoms with Gasteiger partial charge in [-0.05, 0) is 31.0 Å². The number of carbonyl (C=O) groups excluding carboxylic acids is 1. The van der Waals surface area contributed by atoms with Gasteiger partial charge in [-0.15, -0.1) is 11.3 Å². The smallest absolute Gasteiger partial charge is 0.338 e. The number of aromatic nitrogens is 2. The van der Waals surface area contributed by atoms with Crippen LogP contribution in [-0.4, -0.2) is 40.4 Å². The van der Waals surface area contributed by atoms with Crippen molar-refractivity contribution in [1.29, 1.82) is 0 Å². The third-order valence-electron chi connectivity index (χ3n) is 4.26. The summed E-state index contributed by atoms with van der Waals surface area (Å²) in [4.78, 5) is 15.1. The molecule has 3 heterocycles. The van der Waals surface area contributed by atoms with Crippen LogP contribution in [0.1, 0.15) is 28.2 Å². The van der Waals surface area contributed by atoms with E-state index in [0.29, 0.717) is 22.8 Å². The quantitative estimate of drug-likeness (QED) is 0.761. The summed E-state index contributed by atoms with van der Waals surface area (Å²) in [5.41, 5.74) is -0.662. The highest BCUT2D eigenvalue weighted by molar-refractivity contribution is 7.17. The zero-order valence-electron chi connectivity index (χ0n) is 13.5. The molecule has 1 aliphatic rings. The van der Waals surface area contributed by atoms with Crippen molar-refractivity contribution < 1.29 is 22.4 Å². The second kappa shape index (κ2) is 6.78. The summed E-state index contributed by atoms with van der Waals surface area (Å²) in [5.74, 6) is -0.344. The maximum absolute atomic E-state index is 12.9. The van der Waals surface area contributed by atoms with Gasteiger partial charge in [0, 0.05) is 26.1 Å². The molecule has 2 aromatic rings. The Morgan fingerprint density at radius 3 is 2.80 bits per heavy atom. The van der Waals surface area contributed by atoms with Crippen molar-refractivity contribution in [3.8, 4) is 10.6 Å². The molecule has 25 heavy (non-hydrogen) atoms. The fourth-order valence-corrected chi connectivity index (χ4v) is 3.90. The van der Waals surface area contributed by atoms with E-state index >= 15 is 0 Å². The molecule has 4 nitrogen and oxygen atoms in total. The standard InChI is InChI=1S/C16H17F4N3OS/c1-22-14(16(18,19)20)7-11(21-22)12-4-5-13(25-12)15(24)23-6-2-3-10(8-17)9-23/h4-5,7,10H,2-3,6,8-9H2,1H3. The minimum Gasteiger partial charge on any atom is -0.338 e. The van der Waals surface area contributed by atoms with Crippen LogP contribution in [0.3, 0.4) is 0 Å². The van der Waals surface area contributed by atoms with Gasteiger partial charge in [-0.25, -0.2) is 0 Å². The number of rotatable bonds is 3. The summed E-state index contributed by atoms with van der Waals surface area (Å²) in [6.45, 7) is 0.502. The van der Waals surface area contributed by atoms with E-state index in [1.54, 1.807) is 17.0 Å². The number of halogens is 4. The normalized spacial score (nSPS) is 18.6. The van der Waals surface area contributed by atoms with E-state index in [4.69, 9.17) is 0 Å². The molecular weight excluding hydrogens is 358 g/mol. The number of alkyl halides is 4. The van der Waals surface area contributed by atoms with Crippen LogP contribution in [0.2, 0.25) is 0 Å². The Morgan fingerprint density at radius 1 is 1.40 bits per heavy atom. The molecule has 0 N–H and O–H groups in total. The van der Waals surface area contributed by atoms with Gasteiger partial charge in [0.1, 0.15) is 11.4 Å². The number of hydrogen-bond acceptors (Lipinski definition) is 3. The first-order valence-electron chi connectivity index (χ1n) is 7.86. The van der Waals surface area contributed by atoms with Crippen molar-refractivity contribution in [1.82, 2.24) is 14.7 Å². The number of likely N-dealkylation sites (tertiary alicyclic amines) is 1. The average Bonchev–Trinajstić information content (AvgIpc) is 3.20. The van der Waals surface area contributed by atoms with Gasteiger partial charge in [-0.2, -0.15) is 18.3 Å². The van der Waals surface area contributed by atoms with Gasteiger partial charge < -0.3 is 4.90 Å². The zero-order valence-corrected chi connectivity index (χ0v) is 14.3. The number of thiophene rings is 1. The number of amides is 1. The molecule has 0 bridgehead atoms. The Labute approximate surface area is 146 Å². The topological polar surface area (TPSA) is 38.1 Å². The van der Waals surface area contributed by atoms with Gasteiger partial charge in [0.05, 0.1) is 16.4 Å². The molecule has 0 saturated carbocycles. The van der Waals surface area contributed by atoms with Crippen LogP contribution in [0, 0.1) is 5.92 Å². The lowest BCUT2D eigenvalue weighted by Gasteiger charge is -2.31. The molecule has 1 aliphatic heterocycles. The van der Waals surface area contributed by atoms with E-state index < -0.39 is 18.5 Å². The third kappa shape index (κ3) is 3.70. The van der Waals surface area contributed by atoms with Gasteiger partial charge in [0.25, 0.3) is 5.91 Å². The summed E-state index contributed by atoms with van der Waals surface area (Å²) in [6.07, 6.45) is -2.96. The summed E-state index contributed by atoms with van der Waals surface area (Å²) >= 11 is 1.10. The molecule has 9 heteroatoms. The third-order valence-corrected chi connectivity index (χ3v) is 5.36. The molecule has 1 unspecified atom stereocenters. The Morgan fingerprint density at radius 2 is 2.16 bits per heavy atom.